The van der Waals surface area contributed by atoms with Gasteiger partial charge in [-0.25, -0.2) is 0 Å². The maximum atomic E-state index is 7.30. The number of hydrogen-bond acceptors (Lipinski definition) is 2. The van der Waals surface area contributed by atoms with E-state index < -0.39 is 0 Å². The fourth-order valence-corrected chi connectivity index (χ4v) is 0.494. The average molecular weight is 138 g/mol. The third-order valence-electron chi connectivity index (χ3n) is 1.15. The Morgan fingerprint density at radius 2 is 2.30 bits per heavy atom. The maximum Gasteiger partial charge on any atom is 0.0577 e. The van der Waals surface area contributed by atoms with E-state index in [1.165, 1.54) is 6.08 Å². The van der Waals surface area contributed by atoms with E-state index in [9.17, 15) is 0 Å². The summed E-state index contributed by atoms with van der Waals surface area (Å²) in [5.74, 6) is 0. The van der Waals surface area contributed by atoms with Crippen LogP contribution in [-0.2, 0) is 0 Å². The Labute approximate surface area is 62.1 Å². The highest BCUT2D eigenvalue weighted by molar-refractivity contribution is 6.05. The molecule has 0 aromatic heterocycles. The van der Waals surface area contributed by atoms with E-state index >= 15 is 0 Å². The molecule has 0 aromatic rings. The molecule has 0 radical (unpaired) electrons. The molecule has 2 nitrogen and oxygen atoms in total. The Bertz CT molecular complexity index is 157. The lowest BCUT2D eigenvalue weighted by Crippen LogP contribution is -2.06. The predicted molar refractivity (Wildman–Crippen MR) is 45.4 cm³/mol. The largest absolute Gasteiger partial charge is 0.391 e. The van der Waals surface area contributed by atoms with Gasteiger partial charge in [0.2, 0.25) is 0 Å². The molecule has 0 unspecified atom stereocenters. The van der Waals surface area contributed by atoms with Crippen LogP contribution >= 0.6 is 0 Å². The smallest absolute Gasteiger partial charge is 0.0577 e. The SMILES string of the molecule is C=CC(=N)/C(C)=C/NCC. The van der Waals surface area contributed by atoms with Crippen molar-refractivity contribution in [1.82, 2.24) is 5.32 Å². The van der Waals surface area contributed by atoms with Gasteiger partial charge in [0.1, 0.15) is 0 Å². The highest BCUT2D eigenvalue weighted by Crippen LogP contribution is 1.92. The Morgan fingerprint density at radius 3 is 2.70 bits per heavy atom. The van der Waals surface area contributed by atoms with Crippen molar-refractivity contribution in [2.24, 2.45) is 0 Å². The third kappa shape index (κ3) is 3.07. The minimum atomic E-state index is 0.473. The van der Waals surface area contributed by atoms with E-state index in [0.717, 1.165) is 12.1 Å². The van der Waals surface area contributed by atoms with E-state index in [1.54, 1.807) is 0 Å². The summed E-state index contributed by atoms with van der Waals surface area (Å²) >= 11 is 0. The second-order valence-electron chi connectivity index (χ2n) is 2.00. The summed E-state index contributed by atoms with van der Waals surface area (Å²) in [4.78, 5) is 0. The minimum Gasteiger partial charge on any atom is -0.391 e. The van der Waals surface area contributed by atoms with Gasteiger partial charge in [-0.15, -0.1) is 0 Å². The van der Waals surface area contributed by atoms with Gasteiger partial charge in [0.15, 0.2) is 0 Å². The van der Waals surface area contributed by atoms with Crippen molar-refractivity contribution in [3.05, 3.63) is 24.4 Å². The maximum absolute atomic E-state index is 7.30. The molecule has 0 rings (SSSR count). The molecular weight excluding hydrogens is 124 g/mol. The molecule has 0 saturated heterocycles. The first-order valence-corrected chi connectivity index (χ1v) is 3.33. The molecule has 0 amide bonds. The molecule has 0 saturated carbocycles. The molecule has 2 N–H and O–H groups in total. The van der Waals surface area contributed by atoms with E-state index in [2.05, 4.69) is 11.9 Å². The van der Waals surface area contributed by atoms with Crippen LogP contribution in [-0.4, -0.2) is 12.3 Å². The zero-order chi connectivity index (χ0) is 7.98. The Kier molecular flexibility index (Phi) is 4.29. The molecule has 0 spiro atoms. The van der Waals surface area contributed by atoms with Crippen LogP contribution < -0.4 is 5.32 Å². The Morgan fingerprint density at radius 1 is 1.70 bits per heavy atom. The first-order valence-electron chi connectivity index (χ1n) is 3.33. The van der Waals surface area contributed by atoms with Crippen LogP contribution in [0.4, 0.5) is 0 Å². The van der Waals surface area contributed by atoms with E-state index in [-0.39, 0.29) is 0 Å². The summed E-state index contributed by atoms with van der Waals surface area (Å²) in [5, 5.41) is 10.3. The molecule has 0 atom stereocenters. The second kappa shape index (κ2) is 4.79. The summed E-state index contributed by atoms with van der Waals surface area (Å²) < 4.78 is 0. The lowest BCUT2D eigenvalue weighted by atomic mass is 10.2. The van der Waals surface area contributed by atoms with Crippen molar-refractivity contribution in [3.63, 3.8) is 0 Å². The first-order chi connectivity index (χ1) is 4.72. The van der Waals surface area contributed by atoms with Gasteiger partial charge in [0.05, 0.1) is 5.71 Å². The Hall–Kier alpha value is -1.05. The van der Waals surface area contributed by atoms with Crippen molar-refractivity contribution >= 4 is 5.71 Å². The number of allylic oxidation sites excluding steroid dienone is 2. The van der Waals surface area contributed by atoms with Gasteiger partial charge < -0.3 is 10.7 Å². The zero-order valence-electron chi connectivity index (χ0n) is 6.57. The normalized spacial score (nSPS) is 10.8. The van der Waals surface area contributed by atoms with Gasteiger partial charge in [0, 0.05) is 12.7 Å². The quantitative estimate of drug-likeness (QED) is 0.570. The van der Waals surface area contributed by atoms with Gasteiger partial charge in [0.25, 0.3) is 0 Å². The summed E-state index contributed by atoms with van der Waals surface area (Å²) in [6.07, 6.45) is 3.35. The van der Waals surface area contributed by atoms with Crippen molar-refractivity contribution in [1.29, 1.82) is 5.41 Å². The van der Waals surface area contributed by atoms with Crippen molar-refractivity contribution in [2.45, 2.75) is 13.8 Å². The van der Waals surface area contributed by atoms with Crippen LogP contribution in [0.1, 0.15) is 13.8 Å². The molecule has 0 aromatic carbocycles. The summed E-state index contributed by atoms with van der Waals surface area (Å²) in [6, 6.07) is 0. The molecule has 0 aliphatic rings. The molecule has 0 aliphatic heterocycles. The fraction of sp³-hybridized carbons (Fsp3) is 0.375. The minimum absolute atomic E-state index is 0.473. The average Bonchev–Trinajstić information content (AvgIpc) is 1.98. The van der Waals surface area contributed by atoms with Gasteiger partial charge in [-0.05, 0) is 25.5 Å². The Balaban J connectivity index is 3.91. The summed E-state index contributed by atoms with van der Waals surface area (Å²) in [6.45, 7) is 8.28. The molecule has 2 heteroatoms. The lowest BCUT2D eigenvalue weighted by molar-refractivity contribution is 0.913. The summed E-state index contributed by atoms with van der Waals surface area (Å²) in [7, 11) is 0. The van der Waals surface area contributed by atoms with E-state index in [1.807, 2.05) is 20.0 Å². The van der Waals surface area contributed by atoms with Gasteiger partial charge in [-0.2, -0.15) is 0 Å². The number of nitrogens with one attached hydrogen (secondary N) is 2. The van der Waals surface area contributed by atoms with Crippen LogP contribution in [0.25, 0.3) is 0 Å². The highest BCUT2D eigenvalue weighted by atomic mass is 14.8. The molecule has 0 fully saturated rings. The zero-order valence-corrected chi connectivity index (χ0v) is 6.57. The lowest BCUT2D eigenvalue weighted by Gasteiger charge is -1.98. The number of hydrogen-bond donors (Lipinski definition) is 2. The fourth-order valence-electron chi connectivity index (χ4n) is 0.494. The van der Waals surface area contributed by atoms with Crippen molar-refractivity contribution in [3.8, 4) is 0 Å². The second-order valence-corrected chi connectivity index (χ2v) is 2.00. The van der Waals surface area contributed by atoms with Crippen molar-refractivity contribution in [2.75, 3.05) is 6.54 Å². The topological polar surface area (TPSA) is 35.9 Å². The highest BCUT2D eigenvalue weighted by Gasteiger charge is 1.90. The monoisotopic (exact) mass is 138 g/mol. The van der Waals surface area contributed by atoms with Gasteiger partial charge in [-0.3, -0.25) is 0 Å². The standard InChI is InChI=1S/C8H14N2/c1-4-8(9)7(3)6-10-5-2/h4,6,9-10H,1,5H2,2-3H3/b7-6+,9-8?. The van der Waals surface area contributed by atoms with Crippen molar-refractivity contribution < 1.29 is 0 Å². The number of rotatable bonds is 4. The van der Waals surface area contributed by atoms with E-state index in [0.29, 0.717) is 5.71 Å². The molecule has 56 valence electrons. The van der Waals surface area contributed by atoms with Gasteiger partial charge >= 0.3 is 0 Å². The first kappa shape index (κ1) is 8.95. The third-order valence-corrected chi connectivity index (χ3v) is 1.15. The van der Waals surface area contributed by atoms with Crippen LogP contribution in [0.2, 0.25) is 0 Å². The molecule has 10 heavy (non-hydrogen) atoms. The van der Waals surface area contributed by atoms with Gasteiger partial charge in [-0.1, -0.05) is 6.58 Å². The van der Waals surface area contributed by atoms with Crippen LogP contribution in [0.15, 0.2) is 24.4 Å². The summed E-state index contributed by atoms with van der Waals surface area (Å²) in [5.41, 5.74) is 1.39. The molecule has 0 aliphatic carbocycles. The van der Waals surface area contributed by atoms with E-state index in [4.69, 9.17) is 5.41 Å². The molecule has 0 heterocycles. The van der Waals surface area contributed by atoms with Crippen LogP contribution in [0.5, 0.6) is 0 Å². The van der Waals surface area contributed by atoms with Crippen LogP contribution in [0.3, 0.4) is 0 Å². The van der Waals surface area contributed by atoms with Crippen LogP contribution in [0, 0.1) is 5.41 Å². The predicted octanol–water partition coefficient (Wildman–Crippen LogP) is 1.71. The molecular formula is C8H14N2. The molecule has 0 bridgehead atoms.